The standard InChI is InChI=1S/C40H47N9O9/c1-22-5-11-31-25(19-22)33(44-58-31)37(54)47-14-13-23-7-9-29(48(23)35(52)27(21-47)42-39(56)57-40(2,3)4)36(53)46-17-15-45(16-18-46)24-6-8-26-30(20-24)49(38(55)41-26)28-10-12-32(50)43-34(28)51/h5-6,8,11,19-20,23,27-29H,7,9-10,12-18,21H2,1-4H3,(H,41,55)(H,42,56)(H,43,50,51)/t23-,27+,28?,29+/m1/s1. The van der Waals surface area contributed by atoms with Gasteiger partial charge in [0, 0.05) is 50.9 Å². The minimum absolute atomic E-state index is 0.120. The zero-order valence-electron chi connectivity index (χ0n) is 32.9. The number of hydrogen-bond donors (Lipinski definition) is 3. The van der Waals surface area contributed by atoms with E-state index in [4.69, 9.17) is 9.26 Å². The van der Waals surface area contributed by atoms with Gasteiger partial charge in [-0.2, -0.15) is 0 Å². The second-order valence-electron chi connectivity index (χ2n) is 16.5. The number of aromatic nitrogens is 3. The van der Waals surface area contributed by atoms with Crippen LogP contribution < -0.4 is 21.2 Å². The van der Waals surface area contributed by atoms with Crippen LogP contribution in [0.15, 0.2) is 45.7 Å². The first-order valence-corrected chi connectivity index (χ1v) is 19.7. The van der Waals surface area contributed by atoms with Gasteiger partial charge in [0.25, 0.3) is 5.91 Å². The summed E-state index contributed by atoms with van der Waals surface area (Å²) in [4.78, 5) is 103. The van der Waals surface area contributed by atoms with Crippen molar-refractivity contribution < 1.29 is 38.0 Å². The minimum Gasteiger partial charge on any atom is -0.444 e. The van der Waals surface area contributed by atoms with Crippen LogP contribution in [0.1, 0.15) is 75.0 Å². The molecule has 18 heteroatoms. The van der Waals surface area contributed by atoms with Gasteiger partial charge in [-0.15, -0.1) is 0 Å². The van der Waals surface area contributed by atoms with Gasteiger partial charge in [-0.3, -0.25) is 33.9 Å². The second kappa shape index (κ2) is 14.9. The molecule has 2 aromatic carbocycles. The smallest absolute Gasteiger partial charge is 0.408 e. The fraction of sp³-hybridized carbons (Fsp3) is 0.500. The van der Waals surface area contributed by atoms with E-state index in [1.54, 1.807) is 42.7 Å². The quantitative estimate of drug-likeness (QED) is 0.249. The zero-order valence-corrected chi connectivity index (χ0v) is 32.9. The fourth-order valence-corrected chi connectivity index (χ4v) is 8.66. The number of amides is 6. The molecule has 0 aliphatic carbocycles. The van der Waals surface area contributed by atoms with Crippen LogP contribution in [0, 0.1) is 6.92 Å². The molecule has 58 heavy (non-hydrogen) atoms. The number of rotatable bonds is 5. The first kappa shape index (κ1) is 38.7. The van der Waals surface area contributed by atoms with Crippen LogP contribution in [0.2, 0.25) is 0 Å². The predicted octanol–water partition coefficient (Wildman–Crippen LogP) is 2.20. The maximum absolute atomic E-state index is 14.6. The number of nitrogens with zero attached hydrogens (tertiary/aromatic N) is 6. The molecule has 4 atom stereocenters. The number of fused-ring (bicyclic) bond motifs is 3. The Hall–Kier alpha value is -6.20. The summed E-state index contributed by atoms with van der Waals surface area (Å²) < 4.78 is 12.4. The summed E-state index contributed by atoms with van der Waals surface area (Å²) >= 11 is 0. The molecule has 4 aliphatic rings. The maximum Gasteiger partial charge on any atom is 0.408 e. The summed E-state index contributed by atoms with van der Waals surface area (Å²) in [6, 6.07) is 7.81. The first-order chi connectivity index (χ1) is 27.6. The lowest BCUT2D eigenvalue weighted by molar-refractivity contribution is -0.147. The van der Waals surface area contributed by atoms with Crippen molar-refractivity contribution in [3.63, 3.8) is 0 Å². The van der Waals surface area contributed by atoms with Crippen molar-refractivity contribution >= 4 is 63.3 Å². The Morgan fingerprint density at radius 3 is 2.43 bits per heavy atom. The molecule has 1 unspecified atom stereocenters. The van der Waals surface area contributed by atoms with Crippen molar-refractivity contribution in [3.05, 3.63) is 58.1 Å². The molecule has 6 heterocycles. The van der Waals surface area contributed by atoms with Gasteiger partial charge in [0.05, 0.1) is 23.0 Å². The average molecular weight is 798 g/mol. The van der Waals surface area contributed by atoms with E-state index in [1.807, 2.05) is 31.2 Å². The Morgan fingerprint density at radius 1 is 0.914 bits per heavy atom. The van der Waals surface area contributed by atoms with Gasteiger partial charge >= 0.3 is 11.8 Å². The third kappa shape index (κ3) is 7.38. The molecule has 8 rings (SSSR count). The van der Waals surface area contributed by atoms with Gasteiger partial charge < -0.3 is 39.2 Å². The Bertz CT molecular complexity index is 2380. The number of carbonyl (C=O) groups is 6. The monoisotopic (exact) mass is 797 g/mol. The maximum atomic E-state index is 14.6. The van der Waals surface area contributed by atoms with Crippen LogP contribution in [0.3, 0.4) is 0 Å². The molecule has 3 N–H and O–H groups in total. The van der Waals surface area contributed by atoms with Crippen molar-refractivity contribution in [3.8, 4) is 0 Å². The largest absolute Gasteiger partial charge is 0.444 e. The summed E-state index contributed by atoms with van der Waals surface area (Å²) in [7, 11) is 0. The summed E-state index contributed by atoms with van der Waals surface area (Å²) in [5.74, 6) is -1.96. The third-order valence-corrected chi connectivity index (χ3v) is 11.5. The highest BCUT2D eigenvalue weighted by Crippen LogP contribution is 2.33. The number of piperazine rings is 1. The molecule has 0 radical (unpaired) electrons. The summed E-state index contributed by atoms with van der Waals surface area (Å²) in [5, 5.41) is 9.66. The highest BCUT2D eigenvalue weighted by Gasteiger charge is 2.47. The number of H-pyrrole nitrogens is 1. The van der Waals surface area contributed by atoms with Crippen molar-refractivity contribution in [2.45, 2.75) is 89.6 Å². The molecule has 4 fully saturated rings. The van der Waals surface area contributed by atoms with Gasteiger partial charge in [-0.25, -0.2) is 9.59 Å². The van der Waals surface area contributed by atoms with Gasteiger partial charge in [-0.05, 0) is 83.7 Å². The molecule has 6 amide bonds. The van der Waals surface area contributed by atoms with E-state index >= 15 is 0 Å². The SMILES string of the molecule is Cc1ccc2onc(C(=O)N3CC[C@H]4CC[C@@H](C(=O)N5CCN(c6ccc7[nH]c(=O)n(C8CCC(=O)NC8=O)c7c6)CC5)N4C(=O)[C@@H](NC(=O)OC(C)(C)C)C3)c2c1. The second-order valence-corrected chi connectivity index (χ2v) is 16.5. The lowest BCUT2D eigenvalue weighted by Gasteiger charge is -2.41. The number of carbonyl (C=O) groups excluding carboxylic acids is 6. The lowest BCUT2D eigenvalue weighted by atomic mass is 10.1. The normalized spacial score (nSPS) is 23.1. The zero-order chi connectivity index (χ0) is 41.0. The molecule has 4 aliphatic heterocycles. The van der Waals surface area contributed by atoms with E-state index < -0.39 is 53.2 Å². The number of anilines is 1. The molecule has 18 nitrogen and oxygen atoms in total. The molecule has 306 valence electrons. The van der Waals surface area contributed by atoms with E-state index in [0.717, 1.165) is 11.3 Å². The van der Waals surface area contributed by atoms with E-state index in [1.165, 1.54) is 9.47 Å². The van der Waals surface area contributed by atoms with Crippen molar-refractivity contribution in [2.75, 3.05) is 44.2 Å². The molecule has 4 saturated heterocycles. The summed E-state index contributed by atoms with van der Waals surface area (Å²) in [6.07, 6.45) is 0.935. The van der Waals surface area contributed by atoms with Crippen LogP contribution >= 0.6 is 0 Å². The minimum atomic E-state index is -1.20. The number of alkyl carbamates (subject to hydrolysis) is 1. The number of aryl methyl sites for hydroxylation is 1. The average Bonchev–Trinajstić information content (AvgIpc) is 3.88. The number of imide groups is 1. The lowest BCUT2D eigenvalue weighted by Crippen LogP contribution is -2.62. The number of benzene rings is 2. The van der Waals surface area contributed by atoms with E-state index in [9.17, 15) is 33.6 Å². The van der Waals surface area contributed by atoms with Crippen molar-refractivity contribution in [2.24, 2.45) is 0 Å². The Morgan fingerprint density at radius 2 is 1.69 bits per heavy atom. The highest BCUT2D eigenvalue weighted by atomic mass is 16.6. The highest BCUT2D eigenvalue weighted by molar-refractivity contribution is 6.04. The molecule has 2 aromatic heterocycles. The molecular formula is C40H47N9O9. The third-order valence-electron chi connectivity index (χ3n) is 11.5. The fourth-order valence-electron chi connectivity index (χ4n) is 8.66. The number of nitrogens with one attached hydrogen (secondary N) is 3. The molecule has 4 aromatic rings. The van der Waals surface area contributed by atoms with Crippen LogP contribution in [-0.2, 0) is 23.9 Å². The number of imidazole rings is 1. The van der Waals surface area contributed by atoms with Gasteiger partial charge in [0.1, 0.15) is 23.7 Å². The number of ether oxygens (including phenoxy) is 1. The van der Waals surface area contributed by atoms with Crippen molar-refractivity contribution in [1.29, 1.82) is 0 Å². The number of piperidine rings is 1. The van der Waals surface area contributed by atoms with E-state index in [0.29, 0.717) is 67.4 Å². The molecule has 0 bridgehead atoms. The van der Waals surface area contributed by atoms with Crippen molar-refractivity contribution in [1.82, 2.24) is 40.0 Å². The first-order valence-electron chi connectivity index (χ1n) is 19.7. The van der Waals surface area contributed by atoms with Crippen LogP contribution in [-0.4, -0.2) is 128 Å². The Balaban J connectivity index is 0.983. The summed E-state index contributed by atoms with van der Waals surface area (Å²) in [6.45, 7) is 8.83. The molecular weight excluding hydrogens is 750 g/mol. The van der Waals surface area contributed by atoms with Crippen LogP contribution in [0.5, 0.6) is 0 Å². The molecule has 0 spiro atoms. The van der Waals surface area contributed by atoms with Crippen LogP contribution in [0.4, 0.5) is 10.5 Å². The number of hydrogen-bond acceptors (Lipinski definition) is 11. The van der Waals surface area contributed by atoms with Crippen LogP contribution in [0.25, 0.3) is 22.0 Å². The Labute approximate surface area is 332 Å². The predicted molar refractivity (Wildman–Crippen MR) is 209 cm³/mol. The molecule has 0 saturated carbocycles. The number of aromatic amines is 1. The van der Waals surface area contributed by atoms with E-state index in [2.05, 4.69) is 25.7 Å². The topological polar surface area (TPSA) is 212 Å². The van der Waals surface area contributed by atoms with Gasteiger partial charge in [0.15, 0.2) is 11.3 Å². The summed E-state index contributed by atoms with van der Waals surface area (Å²) in [5.41, 5.74) is 2.14. The van der Waals surface area contributed by atoms with Gasteiger partial charge in [-0.1, -0.05) is 16.8 Å². The van der Waals surface area contributed by atoms with E-state index in [-0.39, 0.29) is 49.5 Å². The Kier molecular flexibility index (Phi) is 9.97. The van der Waals surface area contributed by atoms with Gasteiger partial charge in [0.2, 0.25) is 23.6 Å².